The summed E-state index contributed by atoms with van der Waals surface area (Å²) in [4.78, 5) is 22.3. The number of piperazine rings is 1. The second kappa shape index (κ2) is 6.15. The van der Waals surface area contributed by atoms with E-state index in [-0.39, 0.29) is 0 Å². The lowest BCUT2D eigenvalue weighted by Crippen LogP contribution is -2.54. The number of benzene rings is 1. The fourth-order valence-electron chi connectivity index (χ4n) is 2.52. The molecule has 2 heterocycles. The van der Waals surface area contributed by atoms with Gasteiger partial charge in [0.1, 0.15) is 6.04 Å². The molecule has 0 bridgehead atoms. The zero-order chi connectivity index (χ0) is 15.5. The molecule has 1 aliphatic rings. The minimum atomic E-state index is -0.864. The standard InChI is InChI=1S/C15H18N4O3/c1-2-22-14-13(17-10-5-3-4-6-11(10)18-14)19-8-7-16-12(9-19)15(20)21/h3-6,12,16H,2,7-9H2,1H3,(H,20,21)/t12-/m1/s1. The fraction of sp³-hybridized carbons (Fsp3) is 0.400. The Labute approximate surface area is 127 Å². The summed E-state index contributed by atoms with van der Waals surface area (Å²) in [6.45, 7) is 3.95. The van der Waals surface area contributed by atoms with Crippen molar-refractivity contribution >= 4 is 22.8 Å². The molecule has 1 aliphatic heterocycles. The van der Waals surface area contributed by atoms with Crippen LogP contribution in [0.15, 0.2) is 24.3 Å². The highest BCUT2D eigenvalue weighted by atomic mass is 16.5. The first-order valence-electron chi connectivity index (χ1n) is 7.29. The normalized spacial score (nSPS) is 18.4. The van der Waals surface area contributed by atoms with Crippen molar-refractivity contribution in [2.24, 2.45) is 0 Å². The molecule has 0 spiro atoms. The molecule has 0 amide bonds. The molecule has 1 fully saturated rings. The molecule has 1 atom stereocenters. The summed E-state index contributed by atoms with van der Waals surface area (Å²) in [6.07, 6.45) is 0. The van der Waals surface area contributed by atoms with Crippen molar-refractivity contribution in [2.75, 3.05) is 31.1 Å². The van der Waals surface area contributed by atoms with Gasteiger partial charge in [-0.05, 0) is 19.1 Å². The smallest absolute Gasteiger partial charge is 0.322 e. The molecule has 7 heteroatoms. The van der Waals surface area contributed by atoms with Crippen molar-refractivity contribution in [3.8, 4) is 5.88 Å². The Kier molecular flexibility index (Phi) is 4.06. The quantitative estimate of drug-likeness (QED) is 0.867. The average molecular weight is 302 g/mol. The van der Waals surface area contributed by atoms with E-state index in [2.05, 4.69) is 15.3 Å². The van der Waals surface area contributed by atoms with Crippen LogP contribution in [0.1, 0.15) is 6.92 Å². The van der Waals surface area contributed by atoms with Crippen molar-refractivity contribution in [3.05, 3.63) is 24.3 Å². The number of hydrogen-bond acceptors (Lipinski definition) is 6. The van der Waals surface area contributed by atoms with E-state index >= 15 is 0 Å². The molecule has 0 aliphatic carbocycles. The monoisotopic (exact) mass is 302 g/mol. The van der Waals surface area contributed by atoms with Gasteiger partial charge in [-0.3, -0.25) is 4.79 Å². The van der Waals surface area contributed by atoms with Crippen LogP contribution in [0.2, 0.25) is 0 Å². The number of aliphatic carboxylic acids is 1. The van der Waals surface area contributed by atoms with Crippen LogP contribution in [0.5, 0.6) is 5.88 Å². The van der Waals surface area contributed by atoms with Gasteiger partial charge in [-0.15, -0.1) is 0 Å². The zero-order valence-electron chi connectivity index (χ0n) is 12.3. The third kappa shape index (κ3) is 2.80. The van der Waals surface area contributed by atoms with Crippen molar-refractivity contribution in [3.63, 3.8) is 0 Å². The molecule has 7 nitrogen and oxygen atoms in total. The van der Waals surface area contributed by atoms with E-state index in [4.69, 9.17) is 4.74 Å². The Hall–Kier alpha value is -2.41. The van der Waals surface area contributed by atoms with Crippen LogP contribution in [-0.2, 0) is 4.79 Å². The molecule has 0 radical (unpaired) electrons. The third-order valence-electron chi connectivity index (χ3n) is 3.58. The van der Waals surface area contributed by atoms with E-state index in [1.807, 2.05) is 36.1 Å². The van der Waals surface area contributed by atoms with Gasteiger partial charge in [0.25, 0.3) is 5.88 Å². The molecular weight excluding hydrogens is 284 g/mol. The number of fused-ring (bicyclic) bond motifs is 1. The molecule has 3 rings (SSSR count). The predicted molar refractivity (Wildman–Crippen MR) is 82.3 cm³/mol. The number of aromatic nitrogens is 2. The van der Waals surface area contributed by atoms with Crippen molar-refractivity contribution in [1.82, 2.24) is 15.3 Å². The number of para-hydroxylation sites is 2. The fourth-order valence-corrected chi connectivity index (χ4v) is 2.52. The van der Waals surface area contributed by atoms with Crippen LogP contribution in [0.4, 0.5) is 5.82 Å². The highest BCUT2D eigenvalue weighted by molar-refractivity contribution is 5.78. The number of nitrogens with zero attached hydrogens (tertiary/aromatic N) is 3. The highest BCUT2D eigenvalue weighted by Crippen LogP contribution is 2.27. The molecular formula is C15H18N4O3. The van der Waals surface area contributed by atoms with Gasteiger partial charge in [-0.25, -0.2) is 9.97 Å². The van der Waals surface area contributed by atoms with Gasteiger partial charge in [0.2, 0.25) is 0 Å². The van der Waals surface area contributed by atoms with E-state index in [1.165, 1.54) is 0 Å². The maximum atomic E-state index is 11.2. The summed E-state index contributed by atoms with van der Waals surface area (Å²) < 4.78 is 5.61. The zero-order valence-corrected chi connectivity index (χ0v) is 12.3. The Bertz CT molecular complexity index is 692. The number of nitrogens with one attached hydrogen (secondary N) is 1. The van der Waals surface area contributed by atoms with E-state index in [0.717, 1.165) is 11.0 Å². The van der Waals surface area contributed by atoms with Gasteiger partial charge in [-0.1, -0.05) is 12.1 Å². The summed E-state index contributed by atoms with van der Waals surface area (Å²) >= 11 is 0. The SMILES string of the molecule is CCOc1nc2ccccc2nc1N1CCN[C@@H](C(=O)O)C1. The van der Waals surface area contributed by atoms with Crippen LogP contribution >= 0.6 is 0 Å². The lowest BCUT2D eigenvalue weighted by atomic mass is 10.2. The van der Waals surface area contributed by atoms with Gasteiger partial charge in [-0.2, -0.15) is 0 Å². The van der Waals surface area contributed by atoms with Gasteiger partial charge in [0.05, 0.1) is 17.6 Å². The number of anilines is 1. The van der Waals surface area contributed by atoms with Crippen LogP contribution < -0.4 is 15.0 Å². The summed E-state index contributed by atoms with van der Waals surface area (Å²) in [5.41, 5.74) is 1.53. The summed E-state index contributed by atoms with van der Waals surface area (Å²) in [5.74, 6) is 0.192. The Morgan fingerprint density at radius 2 is 2.14 bits per heavy atom. The first-order valence-corrected chi connectivity index (χ1v) is 7.29. The summed E-state index contributed by atoms with van der Waals surface area (Å²) in [5, 5.41) is 12.2. The summed E-state index contributed by atoms with van der Waals surface area (Å²) in [6, 6.07) is 6.96. The molecule has 2 aromatic rings. The molecule has 1 aromatic heterocycles. The van der Waals surface area contributed by atoms with Crippen LogP contribution in [0, 0.1) is 0 Å². The van der Waals surface area contributed by atoms with Gasteiger partial charge >= 0.3 is 5.97 Å². The highest BCUT2D eigenvalue weighted by Gasteiger charge is 2.28. The second-order valence-corrected chi connectivity index (χ2v) is 5.07. The van der Waals surface area contributed by atoms with E-state index in [9.17, 15) is 9.90 Å². The Balaban J connectivity index is 2.00. The molecule has 0 unspecified atom stereocenters. The number of rotatable bonds is 4. The van der Waals surface area contributed by atoms with Crippen LogP contribution in [0.3, 0.4) is 0 Å². The van der Waals surface area contributed by atoms with E-state index in [1.54, 1.807) is 0 Å². The van der Waals surface area contributed by atoms with E-state index in [0.29, 0.717) is 37.9 Å². The van der Waals surface area contributed by atoms with Crippen molar-refractivity contribution < 1.29 is 14.6 Å². The Morgan fingerprint density at radius 1 is 1.41 bits per heavy atom. The third-order valence-corrected chi connectivity index (χ3v) is 3.58. The van der Waals surface area contributed by atoms with Crippen molar-refractivity contribution in [2.45, 2.75) is 13.0 Å². The van der Waals surface area contributed by atoms with Gasteiger partial charge in [0, 0.05) is 19.6 Å². The summed E-state index contributed by atoms with van der Waals surface area (Å²) in [7, 11) is 0. The second-order valence-electron chi connectivity index (χ2n) is 5.07. The van der Waals surface area contributed by atoms with Gasteiger partial charge < -0.3 is 20.1 Å². The number of carbonyl (C=O) groups is 1. The maximum Gasteiger partial charge on any atom is 0.322 e. The minimum absolute atomic E-state index is 0.336. The molecule has 1 saturated heterocycles. The first-order chi connectivity index (χ1) is 10.7. The number of carboxylic acids is 1. The number of hydrogen-bond donors (Lipinski definition) is 2. The molecule has 116 valence electrons. The molecule has 0 saturated carbocycles. The topological polar surface area (TPSA) is 87.6 Å². The Morgan fingerprint density at radius 3 is 2.82 bits per heavy atom. The minimum Gasteiger partial charge on any atom is -0.480 e. The molecule has 22 heavy (non-hydrogen) atoms. The van der Waals surface area contributed by atoms with Gasteiger partial charge in [0.15, 0.2) is 5.82 Å². The predicted octanol–water partition coefficient (Wildman–Crippen LogP) is 0.891. The molecule has 2 N–H and O–H groups in total. The number of ether oxygens (including phenoxy) is 1. The average Bonchev–Trinajstić information content (AvgIpc) is 2.54. The molecule has 1 aromatic carbocycles. The van der Waals surface area contributed by atoms with Crippen LogP contribution in [0.25, 0.3) is 11.0 Å². The lowest BCUT2D eigenvalue weighted by molar-refractivity contribution is -0.139. The maximum absolute atomic E-state index is 11.2. The largest absolute Gasteiger partial charge is 0.480 e. The number of carboxylic acid groups (broad SMARTS) is 1. The van der Waals surface area contributed by atoms with Crippen molar-refractivity contribution in [1.29, 1.82) is 0 Å². The first kappa shape index (κ1) is 14.5. The lowest BCUT2D eigenvalue weighted by Gasteiger charge is -2.32. The van der Waals surface area contributed by atoms with Crippen LogP contribution in [-0.4, -0.2) is 53.3 Å². The van der Waals surface area contributed by atoms with E-state index < -0.39 is 12.0 Å².